The monoisotopic (exact) mass is 445 g/mol. The fraction of sp³-hybridized carbons (Fsp3) is 0.600. The molecule has 0 unspecified atom stereocenters. The lowest BCUT2D eigenvalue weighted by molar-refractivity contribution is 0.0961. The van der Waals surface area contributed by atoms with Gasteiger partial charge in [0.1, 0.15) is 10.8 Å². The Hall–Kier alpha value is -1.76. The quantitative estimate of drug-likeness (QED) is 0.484. The van der Waals surface area contributed by atoms with Gasteiger partial charge in [0.2, 0.25) is 0 Å². The summed E-state index contributed by atoms with van der Waals surface area (Å²) >= 11 is 1.44. The second-order valence-corrected chi connectivity index (χ2v) is 9.46. The van der Waals surface area contributed by atoms with Crippen molar-refractivity contribution in [3.8, 4) is 16.3 Å². The number of aromatic nitrogens is 1. The first-order chi connectivity index (χ1) is 14.9. The van der Waals surface area contributed by atoms with Crippen molar-refractivity contribution in [3.05, 3.63) is 34.8 Å². The van der Waals surface area contributed by atoms with Crippen LogP contribution in [0.4, 0.5) is 0 Å². The van der Waals surface area contributed by atoms with Gasteiger partial charge < -0.3 is 14.5 Å². The Kier molecular flexibility index (Phi) is 10.6. The van der Waals surface area contributed by atoms with E-state index in [4.69, 9.17) is 4.74 Å². The number of benzene rings is 1. The summed E-state index contributed by atoms with van der Waals surface area (Å²) in [6.45, 7) is 10.6. The zero-order valence-corrected chi connectivity index (χ0v) is 20.9. The van der Waals surface area contributed by atoms with E-state index in [0.29, 0.717) is 6.54 Å². The Balaban J connectivity index is 0.000000262. The van der Waals surface area contributed by atoms with Crippen LogP contribution in [0.1, 0.15) is 54.9 Å². The maximum atomic E-state index is 12.1. The van der Waals surface area contributed by atoms with Crippen molar-refractivity contribution in [2.24, 2.45) is 5.92 Å². The molecule has 0 bridgehead atoms. The maximum absolute atomic E-state index is 12.1. The van der Waals surface area contributed by atoms with Crippen molar-refractivity contribution in [1.82, 2.24) is 14.8 Å². The van der Waals surface area contributed by atoms with Crippen LogP contribution in [0, 0.1) is 12.8 Å². The van der Waals surface area contributed by atoms with Crippen LogP contribution in [0.2, 0.25) is 0 Å². The standard InChI is InChI=1S/C15H18N2O2S.C10H21N/c1-10-14(13(18)9-17(2)3)20-15(16-10)11-6-5-7-12(8-11)19-4;1-3-11(4-2)9-10-7-5-6-8-10/h5-8H,9H2,1-4H3;10H,3-9H2,1-2H3. The molecule has 1 heterocycles. The number of likely N-dealkylation sites (N-methyl/N-ethyl adjacent to an activating group) is 1. The van der Waals surface area contributed by atoms with Gasteiger partial charge in [-0.05, 0) is 65.0 Å². The lowest BCUT2D eigenvalue weighted by Crippen LogP contribution is -2.28. The molecule has 0 saturated heterocycles. The maximum Gasteiger partial charge on any atom is 0.188 e. The number of hydrogen-bond donors (Lipinski definition) is 0. The first-order valence-corrected chi connectivity index (χ1v) is 12.2. The largest absolute Gasteiger partial charge is 0.497 e. The van der Waals surface area contributed by atoms with Crippen molar-refractivity contribution in [2.45, 2.75) is 46.5 Å². The summed E-state index contributed by atoms with van der Waals surface area (Å²) in [4.78, 5) is 21.8. The van der Waals surface area contributed by atoms with Gasteiger partial charge in [0.25, 0.3) is 0 Å². The first kappa shape index (κ1) is 25.5. The summed E-state index contributed by atoms with van der Waals surface area (Å²) in [6.07, 6.45) is 5.92. The van der Waals surface area contributed by atoms with Gasteiger partial charge in [0, 0.05) is 12.1 Å². The molecule has 6 heteroatoms. The van der Waals surface area contributed by atoms with E-state index in [9.17, 15) is 4.79 Å². The van der Waals surface area contributed by atoms with Gasteiger partial charge in [-0.2, -0.15) is 0 Å². The summed E-state index contributed by atoms with van der Waals surface area (Å²) in [5.41, 5.74) is 1.76. The number of ketones is 1. The van der Waals surface area contributed by atoms with Crippen molar-refractivity contribution in [2.75, 3.05) is 47.4 Å². The Morgan fingerprint density at radius 1 is 1.19 bits per heavy atom. The molecule has 5 nitrogen and oxygen atoms in total. The number of rotatable bonds is 9. The molecular weight excluding hydrogens is 406 g/mol. The summed E-state index contributed by atoms with van der Waals surface area (Å²) in [5.74, 6) is 1.92. The molecule has 1 fully saturated rings. The number of thiazole rings is 1. The average Bonchev–Trinajstić information content (AvgIpc) is 3.41. The predicted molar refractivity (Wildman–Crippen MR) is 131 cm³/mol. The third-order valence-electron chi connectivity index (χ3n) is 5.71. The van der Waals surface area contributed by atoms with Gasteiger partial charge >= 0.3 is 0 Å². The van der Waals surface area contributed by atoms with Gasteiger partial charge in [-0.3, -0.25) is 4.79 Å². The number of nitrogens with zero attached hydrogens (tertiary/aromatic N) is 3. The molecule has 0 N–H and O–H groups in total. The molecule has 1 saturated carbocycles. The van der Waals surface area contributed by atoms with Crippen LogP contribution < -0.4 is 4.74 Å². The second kappa shape index (κ2) is 12.9. The summed E-state index contributed by atoms with van der Waals surface area (Å²) in [5, 5.41) is 0.850. The molecule has 1 aromatic carbocycles. The Labute approximate surface area is 192 Å². The topological polar surface area (TPSA) is 45.7 Å². The summed E-state index contributed by atoms with van der Waals surface area (Å²) in [6, 6.07) is 7.72. The second-order valence-electron chi connectivity index (χ2n) is 8.46. The van der Waals surface area contributed by atoms with E-state index in [0.717, 1.165) is 32.8 Å². The van der Waals surface area contributed by atoms with Gasteiger partial charge in [-0.1, -0.05) is 38.8 Å². The highest BCUT2D eigenvalue weighted by molar-refractivity contribution is 7.17. The molecule has 0 aliphatic heterocycles. The van der Waals surface area contributed by atoms with E-state index in [1.807, 2.05) is 50.2 Å². The van der Waals surface area contributed by atoms with Crippen LogP contribution in [0.25, 0.3) is 10.6 Å². The SMILES string of the molecule is CCN(CC)CC1CCCC1.COc1cccc(-c2nc(C)c(C(=O)CN(C)C)s2)c1. The lowest BCUT2D eigenvalue weighted by Gasteiger charge is -2.21. The number of aryl methyl sites for hydroxylation is 1. The number of carbonyl (C=O) groups excluding carboxylic acids is 1. The number of ether oxygens (including phenoxy) is 1. The van der Waals surface area contributed by atoms with Gasteiger partial charge in [0.05, 0.1) is 24.2 Å². The highest BCUT2D eigenvalue weighted by Gasteiger charge is 2.17. The van der Waals surface area contributed by atoms with Gasteiger partial charge in [-0.25, -0.2) is 4.98 Å². The summed E-state index contributed by atoms with van der Waals surface area (Å²) < 4.78 is 5.22. The Morgan fingerprint density at radius 3 is 2.45 bits per heavy atom. The van der Waals surface area contributed by atoms with E-state index in [2.05, 4.69) is 23.7 Å². The lowest BCUT2D eigenvalue weighted by atomic mass is 10.1. The van der Waals surface area contributed by atoms with Crippen LogP contribution in [-0.2, 0) is 0 Å². The van der Waals surface area contributed by atoms with Crippen LogP contribution in [-0.4, -0.2) is 68.0 Å². The van der Waals surface area contributed by atoms with Crippen molar-refractivity contribution >= 4 is 17.1 Å². The molecule has 2 aromatic rings. The Bertz CT molecular complexity index is 809. The number of carbonyl (C=O) groups is 1. The molecular formula is C25H39N3O2S. The number of Topliss-reactive ketones (excluding diaryl/α,β-unsaturated/α-hetero) is 1. The fourth-order valence-corrected chi connectivity index (χ4v) is 4.93. The Morgan fingerprint density at radius 2 is 1.87 bits per heavy atom. The minimum atomic E-state index is 0.110. The van der Waals surface area contributed by atoms with Crippen LogP contribution in [0.5, 0.6) is 5.75 Å². The van der Waals surface area contributed by atoms with Crippen LogP contribution in [0.3, 0.4) is 0 Å². The normalized spacial score (nSPS) is 14.1. The molecule has 172 valence electrons. The highest BCUT2D eigenvalue weighted by atomic mass is 32.1. The average molecular weight is 446 g/mol. The minimum absolute atomic E-state index is 0.110. The smallest absolute Gasteiger partial charge is 0.188 e. The predicted octanol–water partition coefficient (Wildman–Crippen LogP) is 5.39. The van der Waals surface area contributed by atoms with Crippen molar-refractivity contribution in [1.29, 1.82) is 0 Å². The third-order valence-corrected chi connectivity index (χ3v) is 6.96. The zero-order valence-electron chi connectivity index (χ0n) is 20.1. The van der Waals surface area contributed by atoms with Gasteiger partial charge in [0.15, 0.2) is 5.78 Å². The van der Waals surface area contributed by atoms with E-state index in [1.54, 1.807) is 7.11 Å². The molecule has 0 spiro atoms. The minimum Gasteiger partial charge on any atom is -0.497 e. The van der Waals surface area contributed by atoms with Gasteiger partial charge in [-0.15, -0.1) is 11.3 Å². The molecule has 1 aromatic heterocycles. The molecule has 0 atom stereocenters. The molecule has 3 rings (SSSR count). The molecule has 0 radical (unpaired) electrons. The van der Waals surface area contributed by atoms with E-state index < -0.39 is 0 Å². The van der Waals surface area contributed by atoms with E-state index in [1.165, 1.54) is 56.7 Å². The molecule has 31 heavy (non-hydrogen) atoms. The molecule has 1 aliphatic carbocycles. The zero-order chi connectivity index (χ0) is 22.8. The van der Waals surface area contributed by atoms with E-state index in [-0.39, 0.29) is 5.78 Å². The van der Waals surface area contributed by atoms with Crippen LogP contribution in [0.15, 0.2) is 24.3 Å². The van der Waals surface area contributed by atoms with Crippen LogP contribution >= 0.6 is 11.3 Å². The fourth-order valence-electron chi connectivity index (χ4n) is 3.93. The first-order valence-electron chi connectivity index (χ1n) is 11.4. The van der Waals surface area contributed by atoms with Crippen molar-refractivity contribution < 1.29 is 9.53 Å². The number of hydrogen-bond acceptors (Lipinski definition) is 6. The summed E-state index contributed by atoms with van der Waals surface area (Å²) in [7, 11) is 5.41. The highest BCUT2D eigenvalue weighted by Crippen LogP contribution is 2.30. The van der Waals surface area contributed by atoms with E-state index >= 15 is 0 Å². The van der Waals surface area contributed by atoms with Crippen molar-refractivity contribution in [3.63, 3.8) is 0 Å². The molecule has 0 amide bonds. The number of methoxy groups -OCH3 is 1. The molecule has 1 aliphatic rings. The third kappa shape index (κ3) is 8.02.